The molecule has 0 N–H and O–H groups in total. The summed E-state index contributed by atoms with van der Waals surface area (Å²) in [4.78, 5) is 13.9. The summed E-state index contributed by atoms with van der Waals surface area (Å²) in [5, 5.41) is 0. The van der Waals surface area contributed by atoms with Crippen molar-refractivity contribution in [3.8, 4) is 5.75 Å². The molecule has 0 unspecified atom stereocenters. The van der Waals surface area contributed by atoms with Crippen LogP contribution in [0.4, 0.5) is 4.79 Å². The Kier molecular flexibility index (Phi) is 4.24. The number of hydrogen-bond donors (Lipinski definition) is 0. The fourth-order valence-electron chi connectivity index (χ4n) is 2.67. The molecule has 2 aromatic rings. The monoisotopic (exact) mass is 293 g/mol. The van der Waals surface area contributed by atoms with Gasteiger partial charge in [-0.25, -0.2) is 4.79 Å². The van der Waals surface area contributed by atoms with Crippen molar-refractivity contribution < 1.29 is 9.53 Å². The van der Waals surface area contributed by atoms with Gasteiger partial charge in [0.15, 0.2) is 0 Å². The van der Waals surface area contributed by atoms with Gasteiger partial charge in [0.1, 0.15) is 5.75 Å². The van der Waals surface area contributed by atoms with Crippen LogP contribution in [0, 0.1) is 6.92 Å². The lowest BCUT2D eigenvalue weighted by Crippen LogP contribution is -2.34. The number of amides is 1. The van der Waals surface area contributed by atoms with Gasteiger partial charge in [0.25, 0.3) is 0 Å². The lowest BCUT2D eigenvalue weighted by molar-refractivity contribution is 0.165. The third-order valence-corrected chi connectivity index (χ3v) is 3.82. The van der Waals surface area contributed by atoms with Gasteiger partial charge in [-0.1, -0.05) is 54.1 Å². The fraction of sp³-hybridized carbons (Fsp3) is 0.211. The van der Waals surface area contributed by atoms with Gasteiger partial charge >= 0.3 is 6.09 Å². The van der Waals surface area contributed by atoms with Crippen LogP contribution in [-0.2, 0) is 0 Å². The summed E-state index contributed by atoms with van der Waals surface area (Å²) in [6.07, 6.45) is 4.46. The first-order valence-corrected chi connectivity index (χ1v) is 7.49. The predicted molar refractivity (Wildman–Crippen MR) is 86.8 cm³/mol. The van der Waals surface area contributed by atoms with Gasteiger partial charge in [-0.3, -0.25) is 4.90 Å². The van der Waals surface area contributed by atoms with Crippen LogP contribution in [0.5, 0.6) is 5.75 Å². The van der Waals surface area contributed by atoms with Gasteiger partial charge in [0, 0.05) is 18.7 Å². The maximum absolute atomic E-state index is 12.3. The van der Waals surface area contributed by atoms with Crippen LogP contribution < -0.4 is 4.74 Å². The molecule has 2 aromatic carbocycles. The number of ether oxygens (including phenoxy) is 1. The second-order valence-electron chi connectivity index (χ2n) is 5.56. The minimum atomic E-state index is -0.334. The Morgan fingerprint density at radius 2 is 1.95 bits per heavy atom. The summed E-state index contributed by atoms with van der Waals surface area (Å²) in [6, 6.07) is 17.6. The average Bonchev–Trinajstić information content (AvgIpc) is 2.56. The topological polar surface area (TPSA) is 29.5 Å². The van der Waals surface area contributed by atoms with Gasteiger partial charge in [-0.05, 0) is 31.0 Å². The molecule has 1 heterocycles. The van der Waals surface area contributed by atoms with Gasteiger partial charge in [0.05, 0.1) is 0 Å². The van der Waals surface area contributed by atoms with Crippen molar-refractivity contribution in [2.24, 2.45) is 0 Å². The number of rotatable bonds is 2. The van der Waals surface area contributed by atoms with E-state index in [9.17, 15) is 4.79 Å². The molecule has 0 radical (unpaired) electrons. The largest absolute Gasteiger partial charge is 0.419 e. The highest BCUT2D eigenvalue weighted by molar-refractivity contribution is 5.72. The van der Waals surface area contributed by atoms with E-state index < -0.39 is 0 Å². The minimum absolute atomic E-state index is 0.313. The van der Waals surface area contributed by atoms with Crippen molar-refractivity contribution in [3.63, 3.8) is 0 Å². The third-order valence-electron chi connectivity index (χ3n) is 3.82. The summed E-state index contributed by atoms with van der Waals surface area (Å²) < 4.78 is 5.40. The van der Waals surface area contributed by atoms with Crippen LogP contribution in [0.15, 0.2) is 66.9 Å². The Bertz CT molecular complexity index is 679. The zero-order valence-corrected chi connectivity index (χ0v) is 12.6. The SMILES string of the molecule is Cc1cccc([C@@H]2CC=CN(C(=O)Oc3ccccc3)C2)c1. The molecule has 0 bridgehead atoms. The molecule has 1 amide bonds. The Labute approximate surface area is 130 Å². The molecule has 3 nitrogen and oxygen atoms in total. The zero-order chi connectivity index (χ0) is 15.4. The summed E-state index contributed by atoms with van der Waals surface area (Å²) >= 11 is 0. The van der Waals surface area contributed by atoms with Crippen molar-refractivity contribution in [2.45, 2.75) is 19.3 Å². The first-order valence-electron chi connectivity index (χ1n) is 7.49. The van der Waals surface area contributed by atoms with Crippen LogP contribution in [0.25, 0.3) is 0 Å². The van der Waals surface area contributed by atoms with Gasteiger partial charge in [-0.2, -0.15) is 0 Å². The Morgan fingerprint density at radius 3 is 2.73 bits per heavy atom. The van der Waals surface area contributed by atoms with E-state index in [0.29, 0.717) is 18.2 Å². The molecule has 1 aliphatic heterocycles. The highest BCUT2D eigenvalue weighted by Gasteiger charge is 2.22. The van der Waals surface area contributed by atoms with Crippen molar-refractivity contribution in [1.29, 1.82) is 0 Å². The maximum Gasteiger partial charge on any atom is 0.419 e. The van der Waals surface area contributed by atoms with E-state index in [4.69, 9.17) is 4.74 Å². The van der Waals surface area contributed by atoms with Crippen molar-refractivity contribution >= 4 is 6.09 Å². The van der Waals surface area contributed by atoms with Gasteiger partial charge in [0.2, 0.25) is 0 Å². The number of benzene rings is 2. The highest BCUT2D eigenvalue weighted by Crippen LogP contribution is 2.26. The molecule has 1 atom stereocenters. The quantitative estimate of drug-likeness (QED) is 0.816. The van der Waals surface area contributed by atoms with E-state index in [1.807, 2.05) is 30.5 Å². The van der Waals surface area contributed by atoms with E-state index in [0.717, 1.165) is 6.42 Å². The number of aryl methyl sites for hydroxylation is 1. The zero-order valence-electron chi connectivity index (χ0n) is 12.6. The van der Waals surface area contributed by atoms with Gasteiger partial charge in [-0.15, -0.1) is 0 Å². The van der Waals surface area contributed by atoms with Crippen molar-refractivity contribution in [1.82, 2.24) is 4.90 Å². The van der Waals surface area contributed by atoms with E-state index >= 15 is 0 Å². The molecule has 0 aliphatic carbocycles. The van der Waals surface area contributed by atoms with Crippen LogP contribution >= 0.6 is 0 Å². The second-order valence-corrected chi connectivity index (χ2v) is 5.56. The van der Waals surface area contributed by atoms with E-state index in [-0.39, 0.29) is 6.09 Å². The molecular formula is C19H19NO2. The standard InChI is InChI=1S/C19H19NO2/c1-15-7-5-8-16(13-15)17-9-6-12-20(14-17)19(21)22-18-10-3-2-4-11-18/h2-8,10-13,17H,9,14H2,1H3/t17-/m1/s1. The van der Waals surface area contributed by atoms with Crippen LogP contribution in [0.2, 0.25) is 0 Å². The highest BCUT2D eigenvalue weighted by atomic mass is 16.6. The Balaban J connectivity index is 1.69. The second kappa shape index (κ2) is 6.48. The molecule has 0 fully saturated rings. The molecule has 112 valence electrons. The molecule has 3 rings (SSSR count). The molecule has 0 aromatic heterocycles. The number of para-hydroxylation sites is 1. The summed E-state index contributed by atoms with van der Waals surface area (Å²) in [6.45, 7) is 2.73. The Hall–Kier alpha value is -2.55. The lowest BCUT2D eigenvalue weighted by atomic mass is 9.92. The molecule has 22 heavy (non-hydrogen) atoms. The summed E-state index contributed by atoms with van der Waals surface area (Å²) in [5.74, 6) is 0.881. The number of carbonyl (C=O) groups is 1. The summed E-state index contributed by atoms with van der Waals surface area (Å²) in [7, 11) is 0. The first-order chi connectivity index (χ1) is 10.7. The number of hydrogen-bond acceptors (Lipinski definition) is 2. The van der Waals surface area contributed by atoms with Crippen molar-refractivity contribution in [2.75, 3.05) is 6.54 Å². The smallest absolute Gasteiger partial charge is 0.410 e. The molecule has 3 heteroatoms. The summed E-state index contributed by atoms with van der Waals surface area (Å²) in [5.41, 5.74) is 2.51. The van der Waals surface area contributed by atoms with E-state index in [1.54, 1.807) is 17.0 Å². The molecule has 1 aliphatic rings. The average molecular weight is 293 g/mol. The van der Waals surface area contributed by atoms with Crippen LogP contribution in [0.1, 0.15) is 23.5 Å². The third kappa shape index (κ3) is 3.37. The normalized spacial score (nSPS) is 17.3. The number of carbonyl (C=O) groups excluding carboxylic acids is 1. The van der Waals surface area contributed by atoms with Crippen LogP contribution in [0.3, 0.4) is 0 Å². The molecular weight excluding hydrogens is 274 g/mol. The van der Waals surface area contributed by atoms with E-state index in [2.05, 4.69) is 31.2 Å². The molecule has 0 spiro atoms. The van der Waals surface area contributed by atoms with Crippen molar-refractivity contribution in [3.05, 3.63) is 78.0 Å². The molecule has 0 saturated carbocycles. The van der Waals surface area contributed by atoms with E-state index in [1.165, 1.54) is 11.1 Å². The van der Waals surface area contributed by atoms with Gasteiger partial charge < -0.3 is 4.74 Å². The maximum atomic E-state index is 12.3. The lowest BCUT2D eigenvalue weighted by Gasteiger charge is -2.27. The first kappa shape index (κ1) is 14.4. The Morgan fingerprint density at radius 1 is 1.14 bits per heavy atom. The predicted octanol–water partition coefficient (Wildman–Crippen LogP) is 4.50. The fourth-order valence-corrected chi connectivity index (χ4v) is 2.67. The minimum Gasteiger partial charge on any atom is -0.410 e. The molecule has 0 saturated heterocycles. The number of nitrogens with zero attached hydrogens (tertiary/aromatic N) is 1. The number of allylic oxidation sites excluding steroid dienone is 1. The van der Waals surface area contributed by atoms with Crippen LogP contribution in [-0.4, -0.2) is 17.5 Å².